The molecule has 1 aliphatic rings. The number of pyridine rings is 1. The van der Waals surface area contributed by atoms with Crippen molar-refractivity contribution in [1.29, 1.82) is 0 Å². The first-order valence-corrected chi connectivity index (χ1v) is 13.7. The van der Waals surface area contributed by atoms with Gasteiger partial charge in [0, 0.05) is 34.5 Å². The molecule has 3 heterocycles. The monoisotopic (exact) mass is 519 g/mol. The molecule has 1 unspecified atom stereocenters. The second-order valence-corrected chi connectivity index (χ2v) is 10.4. The average molecular weight is 520 g/mol. The third kappa shape index (κ3) is 5.08. The zero-order valence-corrected chi connectivity index (χ0v) is 21.8. The quantitative estimate of drug-likeness (QED) is 0.239. The highest BCUT2D eigenvalue weighted by Gasteiger charge is 2.29. The predicted molar refractivity (Wildman–Crippen MR) is 153 cm³/mol. The smallest absolute Gasteiger partial charge is 0.225 e. The Bertz CT molecular complexity index is 1540. The van der Waals surface area contributed by atoms with Gasteiger partial charge in [0.1, 0.15) is 5.82 Å². The number of fused-ring (bicyclic) bond motifs is 1. The van der Waals surface area contributed by atoms with Crippen LogP contribution in [-0.4, -0.2) is 26.6 Å². The SMILES string of the molecule is OCc1ccccc1Sc1ccccc1CNc1nc(N2CCCC2c2ccccn2)c2ccccc2n1. The molecule has 1 aliphatic heterocycles. The number of rotatable bonds is 8. The highest BCUT2D eigenvalue weighted by atomic mass is 32.2. The van der Waals surface area contributed by atoms with Gasteiger partial charge in [0.2, 0.25) is 5.95 Å². The highest BCUT2D eigenvalue weighted by molar-refractivity contribution is 7.99. The van der Waals surface area contributed by atoms with Crippen molar-refractivity contribution in [3.05, 3.63) is 114 Å². The molecule has 38 heavy (non-hydrogen) atoms. The summed E-state index contributed by atoms with van der Waals surface area (Å²) in [7, 11) is 0. The van der Waals surface area contributed by atoms with Gasteiger partial charge in [0.25, 0.3) is 0 Å². The molecule has 6 rings (SSSR count). The molecule has 0 saturated carbocycles. The van der Waals surface area contributed by atoms with E-state index in [1.807, 2.05) is 66.9 Å². The van der Waals surface area contributed by atoms with E-state index in [0.29, 0.717) is 12.5 Å². The molecule has 190 valence electrons. The van der Waals surface area contributed by atoms with Crippen molar-refractivity contribution in [2.45, 2.75) is 41.8 Å². The fourth-order valence-electron chi connectivity index (χ4n) is 5.03. The largest absolute Gasteiger partial charge is 0.392 e. The Hall–Kier alpha value is -3.94. The Labute approximate surface area is 226 Å². The molecule has 1 atom stereocenters. The van der Waals surface area contributed by atoms with Gasteiger partial charge in [0.15, 0.2) is 0 Å². The molecule has 0 bridgehead atoms. The van der Waals surface area contributed by atoms with Crippen LogP contribution in [0, 0.1) is 0 Å². The Morgan fingerprint density at radius 1 is 0.842 bits per heavy atom. The van der Waals surface area contributed by atoms with Crippen LogP contribution in [0.4, 0.5) is 11.8 Å². The number of nitrogens with zero attached hydrogens (tertiary/aromatic N) is 4. The van der Waals surface area contributed by atoms with Crippen LogP contribution >= 0.6 is 11.8 Å². The number of anilines is 2. The van der Waals surface area contributed by atoms with Crippen molar-refractivity contribution in [1.82, 2.24) is 15.0 Å². The van der Waals surface area contributed by atoms with Gasteiger partial charge in [0.05, 0.1) is 23.9 Å². The molecule has 3 aromatic carbocycles. The summed E-state index contributed by atoms with van der Waals surface area (Å²) in [5, 5.41) is 14.3. The number of hydrogen-bond acceptors (Lipinski definition) is 7. The fraction of sp³-hybridized carbons (Fsp3) is 0.194. The molecule has 2 aromatic heterocycles. The van der Waals surface area contributed by atoms with Crippen molar-refractivity contribution < 1.29 is 5.11 Å². The molecule has 0 aliphatic carbocycles. The van der Waals surface area contributed by atoms with E-state index in [-0.39, 0.29) is 12.6 Å². The molecule has 7 heteroatoms. The standard InChI is InChI=1S/C31H29N5OS/c37-21-23-11-2-6-17-29(23)38-28-16-5-1-10-22(28)20-33-31-34-25-13-4-3-12-24(25)30(35-31)36-19-9-15-27(36)26-14-7-8-18-32-26/h1-8,10-14,16-18,27,37H,9,15,19-21H2,(H,33,34,35). The summed E-state index contributed by atoms with van der Waals surface area (Å²) in [6.07, 6.45) is 4.02. The van der Waals surface area contributed by atoms with Crippen LogP contribution < -0.4 is 10.2 Å². The first kappa shape index (κ1) is 24.4. The molecule has 1 saturated heterocycles. The average Bonchev–Trinajstić information content (AvgIpc) is 3.47. The maximum Gasteiger partial charge on any atom is 0.225 e. The minimum absolute atomic E-state index is 0.0211. The van der Waals surface area contributed by atoms with E-state index < -0.39 is 0 Å². The molecule has 0 radical (unpaired) electrons. The van der Waals surface area contributed by atoms with Gasteiger partial charge < -0.3 is 15.3 Å². The summed E-state index contributed by atoms with van der Waals surface area (Å²) in [6.45, 7) is 1.55. The van der Waals surface area contributed by atoms with E-state index in [9.17, 15) is 5.11 Å². The highest BCUT2D eigenvalue weighted by Crippen LogP contribution is 2.38. The second-order valence-electron chi connectivity index (χ2n) is 9.32. The van der Waals surface area contributed by atoms with Crippen molar-refractivity contribution in [3.63, 3.8) is 0 Å². The predicted octanol–water partition coefficient (Wildman–Crippen LogP) is 6.62. The van der Waals surface area contributed by atoms with Crippen LogP contribution in [-0.2, 0) is 13.2 Å². The summed E-state index contributed by atoms with van der Waals surface area (Å²) in [4.78, 5) is 19.1. The number of aliphatic hydroxyl groups is 1. The van der Waals surface area contributed by atoms with E-state index in [4.69, 9.17) is 9.97 Å². The summed E-state index contributed by atoms with van der Waals surface area (Å²) >= 11 is 1.67. The van der Waals surface area contributed by atoms with Crippen LogP contribution in [0.2, 0.25) is 0 Å². The van der Waals surface area contributed by atoms with Gasteiger partial charge in [-0.25, -0.2) is 4.98 Å². The lowest BCUT2D eigenvalue weighted by molar-refractivity contribution is 0.279. The maximum atomic E-state index is 9.76. The molecule has 2 N–H and O–H groups in total. The summed E-state index contributed by atoms with van der Waals surface area (Å²) < 4.78 is 0. The number of aromatic nitrogens is 3. The van der Waals surface area contributed by atoms with Gasteiger partial charge in [-0.2, -0.15) is 4.98 Å². The van der Waals surface area contributed by atoms with Crippen LogP contribution in [0.5, 0.6) is 0 Å². The minimum atomic E-state index is 0.0211. The number of benzene rings is 3. The first-order valence-electron chi connectivity index (χ1n) is 12.9. The van der Waals surface area contributed by atoms with E-state index in [2.05, 4.69) is 45.5 Å². The Morgan fingerprint density at radius 2 is 1.58 bits per heavy atom. The normalized spacial score (nSPS) is 15.2. The van der Waals surface area contributed by atoms with Crippen molar-refractivity contribution in [2.24, 2.45) is 0 Å². The zero-order chi connectivity index (χ0) is 25.7. The molecule has 0 amide bonds. The van der Waals surface area contributed by atoms with Crippen molar-refractivity contribution in [3.8, 4) is 0 Å². The van der Waals surface area contributed by atoms with Crippen LogP contribution in [0.25, 0.3) is 10.9 Å². The number of aliphatic hydroxyl groups excluding tert-OH is 1. The van der Waals surface area contributed by atoms with E-state index in [1.54, 1.807) is 11.8 Å². The van der Waals surface area contributed by atoms with Crippen molar-refractivity contribution in [2.75, 3.05) is 16.8 Å². The molecular weight excluding hydrogens is 490 g/mol. The minimum Gasteiger partial charge on any atom is -0.392 e. The number of hydrogen-bond donors (Lipinski definition) is 2. The van der Waals surface area contributed by atoms with Crippen molar-refractivity contribution >= 4 is 34.4 Å². The van der Waals surface area contributed by atoms with E-state index in [1.165, 1.54) is 0 Å². The number of nitrogens with one attached hydrogen (secondary N) is 1. The Kier molecular flexibility index (Phi) is 7.20. The number of para-hydroxylation sites is 1. The maximum absolute atomic E-state index is 9.76. The van der Waals surface area contributed by atoms with Crippen LogP contribution in [0.1, 0.15) is 35.7 Å². The lowest BCUT2D eigenvalue weighted by Gasteiger charge is -2.27. The summed E-state index contributed by atoms with van der Waals surface area (Å²) in [5.41, 5.74) is 4.08. The molecule has 5 aromatic rings. The molecular formula is C31H29N5OS. The topological polar surface area (TPSA) is 74.2 Å². The third-order valence-electron chi connectivity index (χ3n) is 6.91. The first-order chi connectivity index (χ1) is 18.8. The Morgan fingerprint density at radius 3 is 2.39 bits per heavy atom. The van der Waals surface area contributed by atoms with Gasteiger partial charge >= 0.3 is 0 Å². The molecule has 0 spiro atoms. The lowest BCUT2D eigenvalue weighted by Crippen LogP contribution is -2.25. The van der Waals surface area contributed by atoms with E-state index >= 15 is 0 Å². The lowest BCUT2D eigenvalue weighted by atomic mass is 10.1. The zero-order valence-electron chi connectivity index (χ0n) is 21.0. The van der Waals surface area contributed by atoms with Gasteiger partial charge in [-0.1, -0.05) is 66.4 Å². The Balaban J connectivity index is 1.30. The fourth-order valence-corrected chi connectivity index (χ4v) is 6.10. The summed E-state index contributed by atoms with van der Waals surface area (Å²) in [5.74, 6) is 1.56. The summed E-state index contributed by atoms with van der Waals surface area (Å²) in [6, 6.07) is 30.8. The second kappa shape index (κ2) is 11.2. The third-order valence-corrected chi connectivity index (χ3v) is 8.15. The van der Waals surface area contributed by atoms with Crippen LogP contribution in [0.3, 0.4) is 0 Å². The van der Waals surface area contributed by atoms with Gasteiger partial charge in [-0.15, -0.1) is 0 Å². The van der Waals surface area contributed by atoms with Gasteiger partial charge in [-0.05, 0) is 60.4 Å². The molecule has 6 nitrogen and oxygen atoms in total. The van der Waals surface area contributed by atoms with E-state index in [0.717, 1.165) is 62.7 Å². The van der Waals surface area contributed by atoms with Crippen LogP contribution in [0.15, 0.2) is 107 Å². The van der Waals surface area contributed by atoms with Gasteiger partial charge in [-0.3, -0.25) is 4.98 Å². The molecule has 1 fully saturated rings.